The molecule has 154 valence electrons. The van der Waals surface area contributed by atoms with Gasteiger partial charge < -0.3 is 18.9 Å². The fourth-order valence-corrected chi connectivity index (χ4v) is 4.51. The number of hydrogen-bond acceptors (Lipinski definition) is 6. The molecule has 0 spiro atoms. The number of fused-ring (bicyclic) bond motifs is 1. The first kappa shape index (κ1) is 18.7. The molecule has 2 atom stereocenters. The number of methoxy groups -OCH3 is 2. The van der Waals surface area contributed by atoms with E-state index in [1.807, 2.05) is 23.1 Å². The van der Waals surface area contributed by atoms with Crippen LogP contribution in [0, 0.1) is 0 Å². The molecule has 0 saturated carbocycles. The van der Waals surface area contributed by atoms with Crippen molar-refractivity contribution in [1.29, 1.82) is 0 Å². The van der Waals surface area contributed by atoms with E-state index in [0.717, 1.165) is 18.4 Å². The molecular formula is C23H23N3O4. The minimum absolute atomic E-state index is 0.0981. The number of rotatable bonds is 5. The third kappa shape index (κ3) is 3.20. The van der Waals surface area contributed by atoms with E-state index < -0.39 is 0 Å². The minimum Gasteiger partial charge on any atom is -0.497 e. The van der Waals surface area contributed by atoms with Crippen LogP contribution >= 0.6 is 0 Å². The number of benzene rings is 2. The molecule has 30 heavy (non-hydrogen) atoms. The Kier molecular flexibility index (Phi) is 4.65. The van der Waals surface area contributed by atoms with Crippen LogP contribution in [0.2, 0.25) is 0 Å². The van der Waals surface area contributed by atoms with Gasteiger partial charge >= 0.3 is 0 Å². The third-order valence-corrected chi connectivity index (χ3v) is 6.04. The highest BCUT2D eigenvalue weighted by Gasteiger charge is 2.40. The summed E-state index contributed by atoms with van der Waals surface area (Å²) in [6.07, 6.45) is 2.37. The zero-order valence-corrected chi connectivity index (χ0v) is 17.0. The average molecular weight is 405 g/mol. The van der Waals surface area contributed by atoms with Crippen LogP contribution in [0.25, 0.3) is 11.4 Å². The van der Waals surface area contributed by atoms with Crippen molar-refractivity contribution >= 4 is 5.91 Å². The van der Waals surface area contributed by atoms with Gasteiger partial charge in [-0.25, -0.2) is 0 Å². The number of amides is 1. The molecular weight excluding hydrogens is 382 g/mol. The van der Waals surface area contributed by atoms with Gasteiger partial charge in [-0.1, -0.05) is 29.4 Å². The van der Waals surface area contributed by atoms with Crippen LogP contribution in [0.15, 0.2) is 47.0 Å². The monoisotopic (exact) mass is 405 g/mol. The molecule has 2 heterocycles. The van der Waals surface area contributed by atoms with Crippen LogP contribution < -0.4 is 9.47 Å². The van der Waals surface area contributed by atoms with Crippen LogP contribution in [-0.2, 0) is 11.2 Å². The first-order valence-corrected chi connectivity index (χ1v) is 10.1. The molecule has 1 fully saturated rings. The molecule has 2 aliphatic rings. The van der Waals surface area contributed by atoms with E-state index in [9.17, 15) is 4.79 Å². The van der Waals surface area contributed by atoms with E-state index >= 15 is 0 Å². The lowest BCUT2D eigenvalue weighted by Crippen LogP contribution is -2.28. The Bertz CT molecular complexity index is 1070. The first-order chi connectivity index (χ1) is 14.7. The number of aromatic nitrogens is 2. The largest absolute Gasteiger partial charge is 0.497 e. The lowest BCUT2D eigenvalue weighted by Gasteiger charge is -2.25. The van der Waals surface area contributed by atoms with E-state index in [2.05, 4.69) is 28.3 Å². The lowest BCUT2D eigenvalue weighted by atomic mass is 10.1. The van der Waals surface area contributed by atoms with E-state index in [1.165, 1.54) is 11.1 Å². The van der Waals surface area contributed by atoms with Crippen LogP contribution in [-0.4, -0.2) is 41.7 Å². The predicted octanol–water partition coefficient (Wildman–Crippen LogP) is 3.76. The Labute approximate surface area is 174 Å². The van der Waals surface area contributed by atoms with Crippen LogP contribution in [0.1, 0.15) is 41.8 Å². The number of aryl methyl sites for hydroxylation is 1. The Morgan fingerprint density at radius 3 is 2.63 bits per heavy atom. The Balaban J connectivity index is 1.37. The maximum atomic E-state index is 12.8. The molecule has 5 rings (SSSR count). The Hall–Kier alpha value is -3.35. The number of carbonyl (C=O) groups is 1. The van der Waals surface area contributed by atoms with Crippen molar-refractivity contribution in [3.8, 4) is 22.9 Å². The molecule has 7 nitrogen and oxygen atoms in total. The second kappa shape index (κ2) is 7.48. The third-order valence-electron chi connectivity index (χ3n) is 6.04. The molecule has 0 N–H and O–H groups in total. The Morgan fingerprint density at radius 2 is 1.87 bits per heavy atom. The van der Waals surface area contributed by atoms with Gasteiger partial charge in [-0.2, -0.15) is 4.98 Å². The smallest absolute Gasteiger partial charge is 0.232 e. The standard InChI is InChI=1S/C23H23N3O4/c1-28-17-9-15(10-18(12-17)29-2)22-24-23(30-25-22)16-11-21(27)26(13-16)20-8-7-14-5-3-4-6-19(14)20/h3-6,9-10,12,16,20H,7-8,11,13H2,1-2H3. The highest BCUT2D eigenvalue weighted by Crippen LogP contribution is 2.41. The molecule has 1 saturated heterocycles. The topological polar surface area (TPSA) is 77.7 Å². The fraction of sp³-hybridized carbons (Fsp3) is 0.348. The zero-order valence-electron chi connectivity index (χ0n) is 17.0. The number of nitrogens with zero attached hydrogens (tertiary/aromatic N) is 3. The predicted molar refractivity (Wildman–Crippen MR) is 109 cm³/mol. The SMILES string of the molecule is COc1cc(OC)cc(-c2noc(C3CC(=O)N(C4CCc5ccccc54)C3)n2)c1. The number of ether oxygens (including phenoxy) is 2. The molecule has 7 heteroatoms. The van der Waals surface area contributed by atoms with Gasteiger partial charge in [0.25, 0.3) is 0 Å². The van der Waals surface area contributed by atoms with Gasteiger partial charge in [0.2, 0.25) is 17.6 Å². The molecule has 1 aliphatic heterocycles. The summed E-state index contributed by atoms with van der Waals surface area (Å²) in [4.78, 5) is 19.4. The van der Waals surface area contributed by atoms with Crippen molar-refractivity contribution in [3.63, 3.8) is 0 Å². The van der Waals surface area contributed by atoms with Crippen molar-refractivity contribution in [2.24, 2.45) is 0 Å². The number of carbonyl (C=O) groups excluding carboxylic acids is 1. The summed E-state index contributed by atoms with van der Waals surface area (Å²) >= 11 is 0. The maximum absolute atomic E-state index is 12.8. The normalized spacial score (nSPS) is 20.5. The van der Waals surface area contributed by atoms with Gasteiger partial charge in [-0.05, 0) is 36.1 Å². The van der Waals surface area contributed by atoms with Crippen LogP contribution in [0.4, 0.5) is 0 Å². The molecule has 3 aromatic rings. The molecule has 2 unspecified atom stereocenters. The molecule has 1 aliphatic carbocycles. The zero-order chi connectivity index (χ0) is 20.7. The Morgan fingerprint density at radius 1 is 1.10 bits per heavy atom. The van der Waals surface area contributed by atoms with E-state index in [-0.39, 0.29) is 17.9 Å². The van der Waals surface area contributed by atoms with Gasteiger partial charge in [0, 0.05) is 24.6 Å². The van der Waals surface area contributed by atoms with Gasteiger partial charge in [-0.15, -0.1) is 0 Å². The summed E-state index contributed by atoms with van der Waals surface area (Å²) in [6.45, 7) is 0.598. The maximum Gasteiger partial charge on any atom is 0.232 e. The van der Waals surface area contributed by atoms with Gasteiger partial charge in [0.1, 0.15) is 11.5 Å². The van der Waals surface area contributed by atoms with Crippen molar-refractivity contribution in [2.45, 2.75) is 31.2 Å². The summed E-state index contributed by atoms with van der Waals surface area (Å²) in [6, 6.07) is 14.0. The molecule has 2 aromatic carbocycles. The van der Waals surface area contributed by atoms with Crippen molar-refractivity contribution in [1.82, 2.24) is 15.0 Å². The highest BCUT2D eigenvalue weighted by atomic mass is 16.5. The minimum atomic E-state index is -0.0981. The first-order valence-electron chi connectivity index (χ1n) is 10.1. The highest BCUT2D eigenvalue weighted by molar-refractivity contribution is 5.80. The second-order valence-corrected chi connectivity index (χ2v) is 7.76. The number of likely N-dealkylation sites (tertiary alicyclic amines) is 1. The van der Waals surface area contributed by atoms with E-state index in [0.29, 0.717) is 36.2 Å². The van der Waals surface area contributed by atoms with Crippen molar-refractivity contribution in [3.05, 3.63) is 59.5 Å². The van der Waals surface area contributed by atoms with Crippen molar-refractivity contribution < 1.29 is 18.8 Å². The molecule has 0 radical (unpaired) electrons. The average Bonchev–Trinajstić information content (AvgIpc) is 3.51. The van der Waals surface area contributed by atoms with E-state index in [4.69, 9.17) is 14.0 Å². The quantitative estimate of drug-likeness (QED) is 0.643. The van der Waals surface area contributed by atoms with Crippen LogP contribution in [0.5, 0.6) is 11.5 Å². The summed E-state index contributed by atoms with van der Waals surface area (Å²) in [5.74, 6) is 2.30. The second-order valence-electron chi connectivity index (χ2n) is 7.76. The molecule has 1 aromatic heterocycles. The van der Waals surface area contributed by atoms with Gasteiger partial charge in [-0.3, -0.25) is 4.79 Å². The summed E-state index contributed by atoms with van der Waals surface area (Å²) in [5.41, 5.74) is 3.35. The summed E-state index contributed by atoms with van der Waals surface area (Å²) in [7, 11) is 3.19. The fourth-order valence-electron chi connectivity index (χ4n) is 4.51. The van der Waals surface area contributed by atoms with Crippen molar-refractivity contribution in [2.75, 3.05) is 20.8 Å². The molecule has 1 amide bonds. The van der Waals surface area contributed by atoms with E-state index in [1.54, 1.807) is 20.3 Å². The summed E-state index contributed by atoms with van der Waals surface area (Å²) in [5, 5.41) is 4.14. The van der Waals surface area contributed by atoms with Crippen LogP contribution in [0.3, 0.4) is 0 Å². The lowest BCUT2D eigenvalue weighted by molar-refractivity contribution is -0.129. The molecule has 0 bridgehead atoms. The van der Waals surface area contributed by atoms with Gasteiger partial charge in [0.15, 0.2) is 0 Å². The number of hydrogen-bond donors (Lipinski definition) is 0. The summed E-state index contributed by atoms with van der Waals surface area (Å²) < 4.78 is 16.2. The van der Waals surface area contributed by atoms with Gasteiger partial charge in [0.05, 0.1) is 26.2 Å².